The van der Waals surface area contributed by atoms with Crippen molar-refractivity contribution in [2.45, 2.75) is 33.2 Å². The first-order chi connectivity index (χ1) is 22.0. The molecule has 5 rings (SSSR count). The Morgan fingerprint density at radius 1 is 1.07 bits per heavy atom. The maximum absolute atomic E-state index is 13.7. The van der Waals surface area contributed by atoms with Crippen LogP contribution in [0.15, 0.2) is 75.7 Å². The van der Waals surface area contributed by atoms with E-state index in [-0.39, 0.29) is 5.91 Å². The lowest BCUT2D eigenvalue weighted by Crippen LogP contribution is -2.46. The molecule has 2 aromatic rings. The highest BCUT2D eigenvalue weighted by molar-refractivity contribution is 6.41. The van der Waals surface area contributed by atoms with Gasteiger partial charge in [0.05, 0.1) is 19.4 Å². The maximum Gasteiger partial charge on any atom is 0.255 e. The number of piperazine rings is 1. The third kappa shape index (κ3) is 7.82. The normalized spacial score (nSPS) is 19.6. The number of carbonyl (C=O) groups is 1. The molecule has 0 aromatic heterocycles. The predicted molar refractivity (Wildman–Crippen MR) is 188 cm³/mol. The molecule has 6 N–H and O–H groups in total. The van der Waals surface area contributed by atoms with E-state index in [0.717, 1.165) is 55.2 Å². The number of carbonyl (C=O) groups excluding carboxylic acids is 1. The summed E-state index contributed by atoms with van der Waals surface area (Å²) in [5, 5.41) is 6.36. The zero-order chi connectivity index (χ0) is 32.8. The molecular formula is C34H46N10O2. The molecule has 0 bridgehead atoms. The van der Waals surface area contributed by atoms with Crippen LogP contribution in [0.4, 0.5) is 17.1 Å². The van der Waals surface area contributed by atoms with Gasteiger partial charge in [0, 0.05) is 73.6 Å². The van der Waals surface area contributed by atoms with Crippen LogP contribution in [0.3, 0.4) is 0 Å². The lowest BCUT2D eigenvalue weighted by atomic mass is 9.92. The van der Waals surface area contributed by atoms with Crippen molar-refractivity contribution in [2.75, 3.05) is 74.6 Å². The van der Waals surface area contributed by atoms with Gasteiger partial charge in [0.1, 0.15) is 17.2 Å². The summed E-state index contributed by atoms with van der Waals surface area (Å²) in [4.78, 5) is 34.1. The number of aliphatic imine (C=N–C) groups is 3. The third-order valence-electron chi connectivity index (χ3n) is 8.41. The van der Waals surface area contributed by atoms with Crippen LogP contribution >= 0.6 is 0 Å². The zero-order valence-electron chi connectivity index (χ0n) is 27.3. The van der Waals surface area contributed by atoms with Crippen molar-refractivity contribution >= 4 is 40.9 Å². The van der Waals surface area contributed by atoms with E-state index < -0.39 is 5.54 Å². The number of likely N-dealkylation sites (N-methyl/N-ethyl adjacent to an activating group) is 1. The zero-order valence-corrected chi connectivity index (χ0v) is 27.3. The fourth-order valence-electron chi connectivity index (χ4n) is 5.53. The van der Waals surface area contributed by atoms with Crippen molar-refractivity contribution < 1.29 is 9.53 Å². The number of amides is 1. The van der Waals surface area contributed by atoms with E-state index in [1.807, 2.05) is 51.1 Å². The van der Waals surface area contributed by atoms with Crippen LogP contribution in [0.1, 0.15) is 42.3 Å². The number of guanidine groups is 1. The molecule has 244 valence electrons. The number of nitrogens with one attached hydrogen (secondary N) is 2. The second-order valence-corrected chi connectivity index (χ2v) is 12.2. The predicted octanol–water partition coefficient (Wildman–Crippen LogP) is 3.48. The van der Waals surface area contributed by atoms with Gasteiger partial charge >= 0.3 is 0 Å². The number of anilines is 3. The minimum absolute atomic E-state index is 0.218. The fraction of sp³-hybridized carbons (Fsp3) is 0.412. The summed E-state index contributed by atoms with van der Waals surface area (Å²) in [6.45, 7) is 19.2. The Balaban J connectivity index is 1.39. The van der Waals surface area contributed by atoms with Gasteiger partial charge in [-0.15, -0.1) is 0 Å². The van der Waals surface area contributed by atoms with Crippen molar-refractivity contribution in [3.8, 4) is 0 Å². The largest absolute Gasteiger partial charge is 0.383 e. The Kier molecular flexibility index (Phi) is 10.2. The number of nitrogens with zero attached hydrogens (tertiary/aromatic N) is 6. The second-order valence-electron chi connectivity index (χ2n) is 12.2. The van der Waals surface area contributed by atoms with E-state index in [9.17, 15) is 4.79 Å². The van der Waals surface area contributed by atoms with Gasteiger partial charge in [-0.25, -0.2) is 9.98 Å². The lowest BCUT2D eigenvalue weighted by molar-refractivity contribution is 0.0676. The highest BCUT2D eigenvalue weighted by Gasteiger charge is 2.24. The van der Waals surface area contributed by atoms with Crippen molar-refractivity contribution in [3.05, 3.63) is 77.4 Å². The standard InChI is InChI=1S/C34H46N10O2/c1-6-37-29-22-38-33(44-14-16-46-17-15-44)41-30(29)31(35)40-28-21-26(9-8-23(28)3)39-32(45)24-18-25(34(4,5)36)20-27(19-24)43-12-10-42(7-2)11-13-43/h6,8-9,18-22,40H,1,7,10-17,35-36H2,2-5H3,(H,39,45)/b31-30-,37-29-. The lowest BCUT2D eigenvalue weighted by Gasteiger charge is -2.36. The Labute approximate surface area is 271 Å². The third-order valence-corrected chi connectivity index (χ3v) is 8.41. The SMILES string of the molecule is C=C/N=C1/C=NC(N2CCOCC2)=N/C1=C(/N)Nc1cc(NC(=O)c2cc(N3CCN(CC)CC3)cc(C(C)(C)N)c2)ccc1C. The first kappa shape index (κ1) is 32.9. The highest BCUT2D eigenvalue weighted by Crippen LogP contribution is 2.28. The molecular weight excluding hydrogens is 580 g/mol. The number of morpholine rings is 1. The Hall–Kier alpha value is -4.52. The number of aryl methyl sites for hydroxylation is 1. The van der Waals surface area contributed by atoms with Crippen LogP contribution < -0.4 is 27.0 Å². The molecule has 3 aliphatic rings. The number of hydrogen-bond donors (Lipinski definition) is 4. The van der Waals surface area contributed by atoms with E-state index in [1.54, 1.807) is 6.21 Å². The maximum atomic E-state index is 13.7. The van der Waals surface area contributed by atoms with Crippen LogP contribution in [0, 0.1) is 6.92 Å². The van der Waals surface area contributed by atoms with E-state index in [0.29, 0.717) is 60.7 Å². The number of ether oxygens (including phenoxy) is 1. The van der Waals surface area contributed by atoms with Crippen LogP contribution in [-0.4, -0.2) is 92.6 Å². The Morgan fingerprint density at radius 3 is 2.48 bits per heavy atom. The van der Waals surface area contributed by atoms with Gasteiger partial charge in [0.15, 0.2) is 0 Å². The molecule has 0 unspecified atom stereocenters. The van der Waals surface area contributed by atoms with E-state index in [4.69, 9.17) is 21.2 Å². The molecule has 3 aliphatic heterocycles. The van der Waals surface area contributed by atoms with Gasteiger partial charge in [0.2, 0.25) is 5.96 Å². The van der Waals surface area contributed by atoms with Crippen LogP contribution in [0.5, 0.6) is 0 Å². The summed E-state index contributed by atoms with van der Waals surface area (Å²) in [6.07, 6.45) is 3.07. The molecule has 2 fully saturated rings. The van der Waals surface area contributed by atoms with Crippen LogP contribution in [0.2, 0.25) is 0 Å². The number of allylic oxidation sites excluding steroid dienone is 1. The monoisotopic (exact) mass is 626 g/mol. The molecule has 3 heterocycles. The average Bonchev–Trinajstić information content (AvgIpc) is 3.06. The smallest absolute Gasteiger partial charge is 0.255 e. The minimum Gasteiger partial charge on any atom is -0.383 e. The molecule has 0 spiro atoms. The molecule has 2 saturated heterocycles. The summed E-state index contributed by atoms with van der Waals surface area (Å²) >= 11 is 0. The van der Waals surface area contributed by atoms with Crippen molar-refractivity contribution in [3.63, 3.8) is 0 Å². The van der Waals surface area contributed by atoms with Crippen LogP contribution in [-0.2, 0) is 10.3 Å². The number of nitrogens with two attached hydrogens (primary N) is 2. The van der Waals surface area contributed by atoms with Gasteiger partial charge in [0.25, 0.3) is 5.91 Å². The number of rotatable bonds is 8. The van der Waals surface area contributed by atoms with Gasteiger partial charge in [-0.05, 0) is 68.8 Å². The van der Waals surface area contributed by atoms with Crippen molar-refractivity contribution in [1.82, 2.24) is 9.80 Å². The summed E-state index contributed by atoms with van der Waals surface area (Å²) in [5.41, 5.74) is 18.2. The summed E-state index contributed by atoms with van der Waals surface area (Å²) in [5.74, 6) is 0.636. The topological polar surface area (TPSA) is 149 Å². The molecule has 2 aromatic carbocycles. The van der Waals surface area contributed by atoms with Crippen LogP contribution in [0.25, 0.3) is 0 Å². The summed E-state index contributed by atoms with van der Waals surface area (Å²) in [7, 11) is 0. The van der Waals surface area contributed by atoms with Gasteiger partial charge in [-0.3, -0.25) is 9.79 Å². The van der Waals surface area contributed by atoms with Gasteiger partial charge in [-0.1, -0.05) is 19.6 Å². The Morgan fingerprint density at radius 2 is 1.80 bits per heavy atom. The van der Waals surface area contributed by atoms with E-state index in [2.05, 4.69) is 54.9 Å². The van der Waals surface area contributed by atoms with Crippen molar-refractivity contribution in [1.29, 1.82) is 0 Å². The molecule has 0 radical (unpaired) electrons. The summed E-state index contributed by atoms with van der Waals surface area (Å²) in [6, 6.07) is 11.6. The summed E-state index contributed by atoms with van der Waals surface area (Å²) < 4.78 is 5.47. The quantitative estimate of drug-likeness (QED) is 0.348. The Bertz CT molecular complexity index is 1570. The van der Waals surface area contributed by atoms with Crippen molar-refractivity contribution in [2.24, 2.45) is 26.4 Å². The number of hydrogen-bond acceptors (Lipinski definition) is 11. The molecule has 0 saturated carbocycles. The highest BCUT2D eigenvalue weighted by atomic mass is 16.5. The average molecular weight is 627 g/mol. The fourth-order valence-corrected chi connectivity index (χ4v) is 5.53. The molecule has 12 heteroatoms. The number of benzene rings is 2. The van der Waals surface area contributed by atoms with E-state index in [1.165, 1.54) is 6.20 Å². The molecule has 1 amide bonds. The molecule has 0 aliphatic carbocycles. The van der Waals surface area contributed by atoms with E-state index >= 15 is 0 Å². The first-order valence-electron chi connectivity index (χ1n) is 15.8. The molecule has 12 nitrogen and oxygen atoms in total. The van der Waals surface area contributed by atoms with Gasteiger partial charge < -0.3 is 41.5 Å². The molecule has 46 heavy (non-hydrogen) atoms. The molecule has 0 atom stereocenters. The van der Waals surface area contributed by atoms with Gasteiger partial charge in [-0.2, -0.15) is 0 Å². The minimum atomic E-state index is -0.607. The first-order valence-corrected chi connectivity index (χ1v) is 15.8. The second kappa shape index (κ2) is 14.3.